The molecule has 6 nitrogen and oxygen atoms in total. The maximum absolute atomic E-state index is 12.0. The molecule has 0 rings (SSSR count). The Morgan fingerprint density at radius 2 is 1.50 bits per heavy atom. The van der Waals surface area contributed by atoms with Crippen LogP contribution in [0.2, 0.25) is 0 Å². The van der Waals surface area contributed by atoms with Crippen molar-refractivity contribution in [2.75, 3.05) is 19.8 Å². The van der Waals surface area contributed by atoms with Gasteiger partial charge in [-0.15, -0.1) is 0 Å². The molecule has 0 amide bonds. The van der Waals surface area contributed by atoms with Gasteiger partial charge in [0.15, 0.2) is 0 Å². The monoisotopic (exact) mass is 292 g/mol. The Labute approximate surface area is 144 Å². The van der Waals surface area contributed by atoms with E-state index in [0.717, 1.165) is 5.82 Å². The molecular weight excluding hydrogens is 273 g/mol. The van der Waals surface area contributed by atoms with Gasteiger partial charge in [-0.25, -0.2) is 0 Å². The zero-order valence-corrected chi connectivity index (χ0v) is 14.0. The maximum atomic E-state index is 12.0. The summed E-state index contributed by atoms with van der Waals surface area (Å²) in [6.07, 6.45) is 0. The quantitative estimate of drug-likeness (QED) is 0.193. The van der Waals surface area contributed by atoms with Crippen LogP contribution in [-0.4, -0.2) is 19.8 Å². The zero-order chi connectivity index (χ0) is 14.2. The van der Waals surface area contributed by atoms with Gasteiger partial charge in [0.25, 0.3) is 0 Å². The fourth-order valence-corrected chi connectivity index (χ4v) is 2.48. The van der Waals surface area contributed by atoms with Crippen LogP contribution in [0.5, 0.6) is 0 Å². The second kappa shape index (κ2) is 12.9. The van der Waals surface area contributed by atoms with Crippen LogP contribution in [-0.2, 0) is 18.3 Å². The third kappa shape index (κ3) is 9.21. The topological polar surface area (TPSA) is 90.9 Å². The largest absolute Gasteiger partial charge is 1.00 e. The molecule has 0 atom stereocenters. The van der Waals surface area contributed by atoms with E-state index in [-0.39, 0.29) is 63.1 Å². The number of hydrogen-bond donors (Lipinski definition) is 0. The van der Waals surface area contributed by atoms with Gasteiger partial charge in [0.05, 0.1) is 19.2 Å². The van der Waals surface area contributed by atoms with Gasteiger partial charge in [-0.3, -0.25) is 4.57 Å². The number of allylic oxidation sites excluding steroid dienone is 1. The van der Waals surface area contributed by atoms with Crippen molar-refractivity contribution in [3.8, 4) is 0 Å². The molecule has 9 heteroatoms. The predicted octanol–water partition coefficient (Wildman–Crippen LogP) is -4.91. The number of hydrogen-bond acceptors (Lipinski definition) is 6. The summed E-state index contributed by atoms with van der Waals surface area (Å²) in [6, 6.07) is 0. The van der Waals surface area contributed by atoms with Crippen LogP contribution in [0.4, 0.5) is 0 Å². The summed E-state index contributed by atoms with van der Waals surface area (Å²) in [5.41, 5.74) is -0.156. The van der Waals surface area contributed by atoms with Crippen LogP contribution in [0.3, 0.4) is 0 Å². The average Bonchev–Trinajstić information content (AvgIpc) is 2.28. The third-order valence-corrected chi connectivity index (χ3v) is 3.63. The molecule has 0 aromatic carbocycles. The van der Waals surface area contributed by atoms with E-state index >= 15 is 0 Å². The Morgan fingerprint density at radius 3 is 1.85 bits per heavy atom. The summed E-state index contributed by atoms with van der Waals surface area (Å²) >= 11 is 0. The molecule has 0 aromatic rings. The van der Waals surface area contributed by atoms with Gasteiger partial charge < -0.3 is 24.0 Å². The zero-order valence-electron chi connectivity index (χ0n) is 13.1. The van der Waals surface area contributed by atoms with Crippen LogP contribution in [0.15, 0.2) is 23.1 Å². The van der Waals surface area contributed by atoms with Crippen molar-refractivity contribution in [2.24, 2.45) is 0 Å². The maximum Gasteiger partial charge on any atom is 1.00 e. The van der Waals surface area contributed by atoms with Gasteiger partial charge in [-0.2, -0.15) is 0 Å². The summed E-state index contributed by atoms with van der Waals surface area (Å²) < 4.78 is 26.5. The molecular formula is C11H19Li2O6P. The van der Waals surface area contributed by atoms with Crippen molar-refractivity contribution in [1.29, 1.82) is 0 Å². The number of rotatable bonds is 8. The average molecular weight is 292 g/mol. The van der Waals surface area contributed by atoms with Gasteiger partial charge in [0.1, 0.15) is 0 Å². The molecule has 0 aliphatic heterocycles. The molecule has 0 unspecified atom stereocenters. The van der Waals surface area contributed by atoms with E-state index in [1.807, 2.05) is 0 Å². The Balaban J connectivity index is -0.00000144. The minimum absolute atomic E-state index is 0. The first kappa shape index (κ1) is 25.2. The van der Waals surface area contributed by atoms with E-state index < -0.39 is 19.3 Å². The van der Waals surface area contributed by atoms with E-state index in [4.69, 9.17) is 9.05 Å². The second-order valence-corrected chi connectivity index (χ2v) is 5.07. The molecule has 0 aliphatic rings. The molecule has 0 saturated heterocycles. The first-order valence-corrected chi connectivity index (χ1v) is 7.31. The van der Waals surface area contributed by atoms with E-state index in [9.17, 15) is 14.8 Å². The van der Waals surface area contributed by atoms with Gasteiger partial charge in [0, 0.05) is 5.82 Å². The Kier molecular flexibility index (Phi) is 16.3. The molecule has 0 aromatic heterocycles. The normalized spacial score (nSPS) is 12.9. The first-order chi connectivity index (χ1) is 8.40. The van der Waals surface area contributed by atoms with Crippen molar-refractivity contribution in [3.05, 3.63) is 23.1 Å². The minimum atomic E-state index is -3.59. The molecule has 0 heterocycles. The SMILES string of the molecule is CCO/C([O-])=C(C)/C([O-])=C/P(=O)(OCC)OCC.[Li+].[Li+]. The standard InChI is InChI=1S/C11H21O6P.2Li/c1-5-15-11(13)9(4)10(12)8-18(14,16-6-2)17-7-3;;/h8,12-13H,5-7H2,1-4H3;;/q;2*+1/p-2/b10-8-,11-9+;;. The fraction of sp³-hybridized carbons (Fsp3) is 0.636. The van der Waals surface area contributed by atoms with Crippen LogP contribution >= 0.6 is 7.60 Å². The smallest absolute Gasteiger partial charge is 0.872 e. The summed E-state index contributed by atoms with van der Waals surface area (Å²) in [4.78, 5) is 0. The molecule has 0 fully saturated rings. The van der Waals surface area contributed by atoms with Crippen molar-refractivity contribution < 1.29 is 66.3 Å². The predicted molar refractivity (Wildman–Crippen MR) is 63.3 cm³/mol. The molecule has 0 N–H and O–H groups in total. The molecule has 106 valence electrons. The van der Waals surface area contributed by atoms with Crippen molar-refractivity contribution in [1.82, 2.24) is 0 Å². The molecule has 0 aliphatic carbocycles. The molecule has 0 spiro atoms. The Bertz CT molecular complexity index is 360. The van der Waals surface area contributed by atoms with E-state index in [2.05, 4.69) is 4.74 Å². The molecule has 0 radical (unpaired) electrons. The van der Waals surface area contributed by atoms with Crippen LogP contribution < -0.4 is 47.9 Å². The molecule has 20 heavy (non-hydrogen) atoms. The van der Waals surface area contributed by atoms with E-state index in [1.54, 1.807) is 20.8 Å². The molecule has 0 saturated carbocycles. The summed E-state index contributed by atoms with van der Waals surface area (Å²) in [5, 5.41) is 23.0. The van der Waals surface area contributed by atoms with Crippen molar-refractivity contribution in [2.45, 2.75) is 27.7 Å². The summed E-state index contributed by atoms with van der Waals surface area (Å²) in [5.74, 6) is -0.635. The summed E-state index contributed by atoms with van der Waals surface area (Å²) in [7, 11) is -3.59. The number of ether oxygens (including phenoxy) is 1. The van der Waals surface area contributed by atoms with E-state index in [0.29, 0.717) is 0 Å². The van der Waals surface area contributed by atoms with Gasteiger partial charge in [-0.05, 0) is 33.0 Å². The van der Waals surface area contributed by atoms with Crippen LogP contribution in [0, 0.1) is 0 Å². The Hall–Kier alpha value is 0.225. The van der Waals surface area contributed by atoms with Gasteiger partial charge >= 0.3 is 45.3 Å². The Morgan fingerprint density at radius 1 is 1.05 bits per heavy atom. The van der Waals surface area contributed by atoms with Crippen LogP contribution in [0.25, 0.3) is 0 Å². The molecule has 0 bridgehead atoms. The van der Waals surface area contributed by atoms with Crippen LogP contribution in [0.1, 0.15) is 27.7 Å². The van der Waals surface area contributed by atoms with E-state index in [1.165, 1.54) is 6.92 Å². The third-order valence-electron chi connectivity index (χ3n) is 1.84. The fourth-order valence-electron chi connectivity index (χ4n) is 1.05. The minimum Gasteiger partial charge on any atom is -0.872 e. The van der Waals surface area contributed by atoms with Gasteiger partial charge in [-0.1, -0.05) is 12.7 Å². The van der Waals surface area contributed by atoms with Gasteiger partial charge in [0.2, 0.25) is 0 Å². The van der Waals surface area contributed by atoms with Crippen molar-refractivity contribution in [3.63, 3.8) is 0 Å². The van der Waals surface area contributed by atoms with Crippen molar-refractivity contribution >= 4 is 7.60 Å². The summed E-state index contributed by atoms with van der Waals surface area (Å²) in [6.45, 7) is 6.64. The second-order valence-electron chi connectivity index (χ2n) is 3.21. The first-order valence-electron chi connectivity index (χ1n) is 5.69.